The van der Waals surface area contributed by atoms with E-state index in [0.29, 0.717) is 6.54 Å². The van der Waals surface area contributed by atoms with Crippen molar-refractivity contribution in [2.75, 3.05) is 17.2 Å². The first-order valence-corrected chi connectivity index (χ1v) is 5.72. The Kier molecular flexibility index (Phi) is 2.81. The summed E-state index contributed by atoms with van der Waals surface area (Å²) in [5.74, 6) is 0.858. The summed E-state index contributed by atoms with van der Waals surface area (Å²) in [6.07, 6.45) is 3.38. The van der Waals surface area contributed by atoms with Gasteiger partial charge in [-0.05, 0) is 25.0 Å². The predicted molar refractivity (Wildman–Crippen MR) is 64.4 cm³/mol. The van der Waals surface area contributed by atoms with Gasteiger partial charge in [-0.3, -0.25) is 4.79 Å². The van der Waals surface area contributed by atoms with Crippen LogP contribution in [0.4, 0.5) is 11.5 Å². The van der Waals surface area contributed by atoms with Gasteiger partial charge in [0.1, 0.15) is 5.82 Å². The fraction of sp³-hybridized carbons (Fsp3) is 0.500. The first-order valence-electron chi connectivity index (χ1n) is 5.72. The van der Waals surface area contributed by atoms with Crippen LogP contribution in [-0.2, 0) is 4.79 Å². The standard InChI is InChI=1S/C12H17N3O/c1-3-12(4-2)8-14-10-9(15-11(12)16)6-5-7-13-10/h5-7H,3-4,8H2,1-2H3,(H,13,14)(H,15,16). The summed E-state index contributed by atoms with van der Waals surface area (Å²) in [7, 11) is 0. The second kappa shape index (κ2) is 4.12. The van der Waals surface area contributed by atoms with E-state index in [2.05, 4.69) is 15.6 Å². The van der Waals surface area contributed by atoms with Gasteiger partial charge in [-0.15, -0.1) is 0 Å². The third-order valence-electron chi connectivity index (χ3n) is 3.49. The lowest BCUT2D eigenvalue weighted by Crippen LogP contribution is -2.39. The van der Waals surface area contributed by atoms with Crippen molar-refractivity contribution in [1.82, 2.24) is 4.98 Å². The molecule has 4 heteroatoms. The molecule has 0 aliphatic carbocycles. The van der Waals surface area contributed by atoms with Crippen LogP contribution < -0.4 is 10.6 Å². The van der Waals surface area contributed by atoms with Crippen LogP contribution in [0.25, 0.3) is 0 Å². The number of aromatic nitrogens is 1. The van der Waals surface area contributed by atoms with Crippen LogP contribution in [0, 0.1) is 5.41 Å². The van der Waals surface area contributed by atoms with Crippen molar-refractivity contribution in [3.05, 3.63) is 18.3 Å². The summed E-state index contributed by atoms with van der Waals surface area (Å²) in [5, 5.41) is 6.21. The number of anilines is 2. The molecule has 4 nitrogen and oxygen atoms in total. The lowest BCUT2D eigenvalue weighted by Gasteiger charge is -2.27. The monoisotopic (exact) mass is 219 g/mol. The maximum atomic E-state index is 12.2. The highest BCUT2D eigenvalue weighted by atomic mass is 16.2. The number of nitrogens with zero attached hydrogens (tertiary/aromatic N) is 1. The fourth-order valence-electron chi connectivity index (χ4n) is 2.06. The van der Waals surface area contributed by atoms with Crippen molar-refractivity contribution in [2.45, 2.75) is 26.7 Å². The maximum absolute atomic E-state index is 12.2. The molecular weight excluding hydrogens is 202 g/mol. The van der Waals surface area contributed by atoms with E-state index in [1.807, 2.05) is 26.0 Å². The zero-order valence-corrected chi connectivity index (χ0v) is 9.71. The summed E-state index contributed by atoms with van der Waals surface area (Å²) in [5.41, 5.74) is 0.456. The number of hydrogen-bond acceptors (Lipinski definition) is 3. The first-order chi connectivity index (χ1) is 7.72. The third kappa shape index (κ3) is 1.64. The molecule has 1 aromatic heterocycles. The van der Waals surface area contributed by atoms with Gasteiger partial charge in [-0.25, -0.2) is 4.98 Å². The molecular formula is C12H17N3O. The van der Waals surface area contributed by atoms with Crippen LogP contribution in [0.5, 0.6) is 0 Å². The minimum atomic E-state index is -0.319. The van der Waals surface area contributed by atoms with E-state index < -0.39 is 0 Å². The van der Waals surface area contributed by atoms with Crippen LogP contribution in [0.15, 0.2) is 18.3 Å². The molecule has 2 N–H and O–H groups in total. The Labute approximate surface area is 95.5 Å². The van der Waals surface area contributed by atoms with Gasteiger partial charge >= 0.3 is 0 Å². The van der Waals surface area contributed by atoms with Gasteiger partial charge in [-0.2, -0.15) is 0 Å². The molecule has 0 aromatic carbocycles. The van der Waals surface area contributed by atoms with E-state index >= 15 is 0 Å². The molecule has 0 spiro atoms. The highest BCUT2D eigenvalue weighted by Gasteiger charge is 2.37. The Morgan fingerprint density at radius 1 is 1.44 bits per heavy atom. The number of carbonyl (C=O) groups excluding carboxylic acids is 1. The van der Waals surface area contributed by atoms with E-state index in [1.165, 1.54) is 0 Å². The average Bonchev–Trinajstić information content (AvgIpc) is 2.46. The van der Waals surface area contributed by atoms with Crippen molar-refractivity contribution >= 4 is 17.4 Å². The van der Waals surface area contributed by atoms with Crippen LogP contribution >= 0.6 is 0 Å². The molecule has 0 fully saturated rings. The summed E-state index contributed by atoms with van der Waals surface area (Å²) in [6.45, 7) is 4.75. The van der Waals surface area contributed by atoms with Crippen LogP contribution in [0.2, 0.25) is 0 Å². The van der Waals surface area contributed by atoms with E-state index in [9.17, 15) is 4.79 Å². The number of rotatable bonds is 2. The number of amides is 1. The Morgan fingerprint density at radius 2 is 2.19 bits per heavy atom. The summed E-state index contributed by atoms with van der Waals surface area (Å²) in [6, 6.07) is 3.69. The molecule has 0 bridgehead atoms. The van der Waals surface area contributed by atoms with Gasteiger partial charge in [0.25, 0.3) is 0 Å². The molecule has 0 atom stereocenters. The van der Waals surface area contributed by atoms with E-state index in [1.54, 1.807) is 6.20 Å². The van der Waals surface area contributed by atoms with Crippen LogP contribution in [0.3, 0.4) is 0 Å². The Balaban J connectivity index is 2.35. The first kappa shape index (κ1) is 10.9. The number of fused-ring (bicyclic) bond motifs is 1. The molecule has 86 valence electrons. The molecule has 0 saturated carbocycles. The molecule has 1 aliphatic rings. The summed E-state index contributed by atoms with van der Waals surface area (Å²) in [4.78, 5) is 16.4. The maximum Gasteiger partial charge on any atom is 0.232 e. The lowest BCUT2D eigenvalue weighted by atomic mass is 9.81. The summed E-state index contributed by atoms with van der Waals surface area (Å²) >= 11 is 0. The molecule has 1 aromatic rings. The second-order valence-electron chi connectivity index (χ2n) is 4.19. The van der Waals surface area contributed by atoms with Crippen molar-refractivity contribution in [2.24, 2.45) is 5.41 Å². The number of nitrogens with one attached hydrogen (secondary N) is 2. The molecule has 2 heterocycles. The van der Waals surface area contributed by atoms with Gasteiger partial charge in [-0.1, -0.05) is 13.8 Å². The van der Waals surface area contributed by atoms with E-state index in [-0.39, 0.29) is 11.3 Å². The smallest absolute Gasteiger partial charge is 0.232 e. The summed E-state index contributed by atoms with van der Waals surface area (Å²) < 4.78 is 0. The van der Waals surface area contributed by atoms with Crippen molar-refractivity contribution in [3.8, 4) is 0 Å². The number of pyridine rings is 1. The normalized spacial score (nSPS) is 18.0. The average molecular weight is 219 g/mol. The molecule has 0 radical (unpaired) electrons. The Morgan fingerprint density at radius 3 is 2.88 bits per heavy atom. The number of hydrogen-bond donors (Lipinski definition) is 2. The van der Waals surface area contributed by atoms with Crippen molar-refractivity contribution < 1.29 is 4.79 Å². The Hall–Kier alpha value is -1.58. The highest BCUT2D eigenvalue weighted by Crippen LogP contribution is 2.33. The van der Waals surface area contributed by atoms with Crippen LogP contribution in [0.1, 0.15) is 26.7 Å². The van der Waals surface area contributed by atoms with Crippen molar-refractivity contribution in [3.63, 3.8) is 0 Å². The van der Waals surface area contributed by atoms with Gasteiger partial charge in [0, 0.05) is 12.7 Å². The molecule has 2 rings (SSSR count). The number of carbonyl (C=O) groups is 1. The zero-order chi connectivity index (χ0) is 11.6. The SMILES string of the molecule is CCC1(CC)CNc2ncccc2NC1=O. The van der Waals surface area contributed by atoms with Crippen molar-refractivity contribution in [1.29, 1.82) is 0 Å². The lowest BCUT2D eigenvalue weighted by molar-refractivity contribution is -0.125. The van der Waals surface area contributed by atoms with Gasteiger partial charge in [0.05, 0.1) is 11.1 Å². The minimum Gasteiger partial charge on any atom is -0.367 e. The topological polar surface area (TPSA) is 54.0 Å². The second-order valence-corrected chi connectivity index (χ2v) is 4.19. The fourth-order valence-corrected chi connectivity index (χ4v) is 2.06. The Bertz CT molecular complexity index is 399. The largest absolute Gasteiger partial charge is 0.367 e. The van der Waals surface area contributed by atoms with Gasteiger partial charge in [0.15, 0.2) is 0 Å². The molecule has 0 saturated heterocycles. The van der Waals surface area contributed by atoms with Crippen LogP contribution in [-0.4, -0.2) is 17.4 Å². The van der Waals surface area contributed by atoms with Gasteiger partial charge in [0.2, 0.25) is 5.91 Å². The predicted octanol–water partition coefficient (Wildman–Crippen LogP) is 2.25. The minimum absolute atomic E-state index is 0.0942. The zero-order valence-electron chi connectivity index (χ0n) is 9.71. The highest BCUT2D eigenvalue weighted by molar-refractivity contribution is 5.99. The molecule has 16 heavy (non-hydrogen) atoms. The van der Waals surface area contributed by atoms with E-state index in [4.69, 9.17) is 0 Å². The quantitative estimate of drug-likeness (QED) is 0.802. The molecule has 1 amide bonds. The van der Waals surface area contributed by atoms with E-state index in [0.717, 1.165) is 24.3 Å². The third-order valence-corrected chi connectivity index (χ3v) is 3.49. The van der Waals surface area contributed by atoms with Gasteiger partial charge < -0.3 is 10.6 Å². The molecule has 0 unspecified atom stereocenters. The molecule has 1 aliphatic heterocycles.